The number of carbonyl (C=O) groups is 1. The molecular weight excluding hydrogens is 282 g/mol. The van der Waals surface area contributed by atoms with Crippen LogP contribution in [0.3, 0.4) is 0 Å². The Kier molecular flexibility index (Phi) is 3.74. The lowest BCUT2D eigenvalue weighted by Gasteiger charge is -2.15. The summed E-state index contributed by atoms with van der Waals surface area (Å²) in [4.78, 5) is 11.8. The van der Waals surface area contributed by atoms with E-state index in [1.54, 1.807) is 0 Å². The highest BCUT2D eigenvalue weighted by molar-refractivity contribution is 5.65. The number of nitrogens with zero attached hydrogens (tertiary/aromatic N) is 1. The van der Waals surface area contributed by atoms with Crippen molar-refractivity contribution < 1.29 is 32.2 Å². The lowest BCUT2D eigenvalue weighted by atomic mass is 10.2. The molecule has 0 aliphatic carbocycles. The summed E-state index contributed by atoms with van der Waals surface area (Å²) in [5, 5.41) is 8.75. The van der Waals surface area contributed by atoms with Crippen molar-refractivity contribution in [1.82, 2.24) is 4.90 Å². The quantitative estimate of drug-likeness (QED) is 0.853. The van der Waals surface area contributed by atoms with Crippen LogP contribution in [0.5, 0.6) is 5.75 Å². The molecule has 1 aromatic rings. The van der Waals surface area contributed by atoms with Gasteiger partial charge in [-0.1, -0.05) is 0 Å². The number of likely N-dealkylation sites (tertiary alicyclic amines) is 1. The number of carboxylic acid groups (broad SMARTS) is 1. The van der Waals surface area contributed by atoms with Crippen LogP contribution in [0.15, 0.2) is 18.2 Å². The normalized spacial score (nSPS) is 19.2. The standard InChI is InChI=1S/C12H11F4NO3/c13-10-5-7(1-2-9(10)12(14,15)16)20-8-3-4-17(6-8)11(18)19/h1-2,5,8H,3-4,6H2,(H,18,19). The van der Waals surface area contributed by atoms with Crippen LogP contribution in [-0.4, -0.2) is 35.3 Å². The second-order valence-electron chi connectivity index (χ2n) is 4.40. The van der Waals surface area contributed by atoms with Crippen molar-refractivity contribution >= 4 is 6.09 Å². The minimum absolute atomic E-state index is 0.0484. The second kappa shape index (κ2) is 5.18. The largest absolute Gasteiger partial charge is 0.488 e. The van der Waals surface area contributed by atoms with E-state index < -0.39 is 29.8 Å². The first-order valence-electron chi connectivity index (χ1n) is 5.78. The molecule has 1 aromatic carbocycles. The molecule has 0 spiro atoms. The van der Waals surface area contributed by atoms with Crippen LogP contribution >= 0.6 is 0 Å². The molecule has 1 amide bonds. The molecule has 1 aliphatic heterocycles. The van der Waals surface area contributed by atoms with Crippen molar-refractivity contribution in [3.63, 3.8) is 0 Å². The van der Waals surface area contributed by atoms with Gasteiger partial charge in [0.2, 0.25) is 0 Å². The Balaban J connectivity index is 2.05. The summed E-state index contributed by atoms with van der Waals surface area (Å²) < 4.78 is 55.7. The molecule has 1 fully saturated rings. The molecule has 1 unspecified atom stereocenters. The first kappa shape index (κ1) is 14.4. The van der Waals surface area contributed by atoms with Crippen molar-refractivity contribution in [3.05, 3.63) is 29.6 Å². The predicted molar refractivity (Wildman–Crippen MR) is 60.0 cm³/mol. The van der Waals surface area contributed by atoms with Gasteiger partial charge in [0.1, 0.15) is 17.7 Å². The van der Waals surface area contributed by atoms with Gasteiger partial charge < -0.3 is 14.7 Å². The number of amides is 1. The topological polar surface area (TPSA) is 49.8 Å². The molecule has 1 N–H and O–H groups in total. The van der Waals surface area contributed by atoms with Crippen molar-refractivity contribution in [2.24, 2.45) is 0 Å². The lowest BCUT2D eigenvalue weighted by Crippen LogP contribution is -2.29. The predicted octanol–water partition coefficient (Wildman–Crippen LogP) is 2.98. The summed E-state index contributed by atoms with van der Waals surface area (Å²) in [6.07, 6.45) is -5.91. The van der Waals surface area contributed by atoms with Crippen molar-refractivity contribution in [1.29, 1.82) is 0 Å². The SMILES string of the molecule is O=C(O)N1CCC(Oc2ccc(C(F)(F)F)c(F)c2)C1. The summed E-state index contributed by atoms with van der Waals surface area (Å²) in [6, 6.07) is 2.29. The monoisotopic (exact) mass is 293 g/mol. The molecule has 110 valence electrons. The first-order chi connectivity index (χ1) is 9.27. The third-order valence-electron chi connectivity index (χ3n) is 2.96. The molecule has 2 rings (SSSR count). The van der Waals surface area contributed by atoms with Crippen molar-refractivity contribution in [3.8, 4) is 5.75 Å². The molecule has 4 nitrogen and oxygen atoms in total. The Labute approximate surface area is 111 Å². The highest BCUT2D eigenvalue weighted by Gasteiger charge is 2.34. The maximum atomic E-state index is 13.3. The maximum absolute atomic E-state index is 13.3. The fourth-order valence-corrected chi connectivity index (χ4v) is 1.99. The van der Waals surface area contributed by atoms with E-state index in [4.69, 9.17) is 9.84 Å². The molecular formula is C12H11F4NO3. The Hall–Kier alpha value is -1.99. The molecule has 0 saturated carbocycles. The van der Waals surface area contributed by atoms with E-state index in [0.29, 0.717) is 18.6 Å². The average molecular weight is 293 g/mol. The van der Waals surface area contributed by atoms with E-state index >= 15 is 0 Å². The van der Waals surface area contributed by atoms with Gasteiger partial charge in [-0.25, -0.2) is 9.18 Å². The Morgan fingerprint density at radius 1 is 1.40 bits per heavy atom. The van der Waals surface area contributed by atoms with Gasteiger partial charge in [0.05, 0.1) is 12.1 Å². The molecule has 8 heteroatoms. The number of ether oxygens (including phenoxy) is 1. The van der Waals surface area contributed by atoms with E-state index in [1.165, 1.54) is 0 Å². The van der Waals surface area contributed by atoms with Gasteiger partial charge in [-0.2, -0.15) is 13.2 Å². The van der Waals surface area contributed by atoms with Gasteiger partial charge in [0.15, 0.2) is 0 Å². The summed E-state index contributed by atoms with van der Waals surface area (Å²) in [5.74, 6) is -1.46. The van der Waals surface area contributed by atoms with Crippen LogP contribution in [0, 0.1) is 5.82 Å². The third-order valence-corrected chi connectivity index (χ3v) is 2.96. The zero-order chi connectivity index (χ0) is 14.9. The van der Waals surface area contributed by atoms with Crippen LogP contribution < -0.4 is 4.74 Å². The smallest absolute Gasteiger partial charge is 0.419 e. The van der Waals surface area contributed by atoms with Crippen LogP contribution in [0.2, 0.25) is 0 Å². The summed E-state index contributed by atoms with van der Waals surface area (Å²) in [7, 11) is 0. The van der Waals surface area contributed by atoms with Crippen molar-refractivity contribution in [2.75, 3.05) is 13.1 Å². The molecule has 1 atom stereocenters. The molecule has 1 aliphatic rings. The highest BCUT2D eigenvalue weighted by atomic mass is 19.4. The summed E-state index contributed by atoms with van der Waals surface area (Å²) >= 11 is 0. The minimum atomic E-state index is -4.75. The zero-order valence-corrected chi connectivity index (χ0v) is 10.2. The lowest BCUT2D eigenvalue weighted by molar-refractivity contribution is -0.140. The highest BCUT2D eigenvalue weighted by Crippen LogP contribution is 2.33. The van der Waals surface area contributed by atoms with Gasteiger partial charge in [-0.3, -0.25) is 0 Å². The zero-order valence-electron chi connectivity index (χ0n) is 10.2. The van der Waals surface area contributed by atoms with E-state index in [2.05, 4.69) is 0 Å². The van der Waals surface area contributed by atoms with Gasteiger partial charge in [-0.05, 0) is 12.1 Å². The summed E-state index contributed by atoms with van der Waals surface area (Å²) in [6.45, 7) is 0.390. The van der Waals surface area contributed by atoms with E-state index in [9.17, 15) is 22.4 Å². The Morgan fingerprint density at radius 2 is 2.10 bits per heavy atom. The van der Waals surface area contributed by atoms with Crippen LogP contribution in [-0.2, 0) is 6.18 Å². The van der Waals surface area contributed by atoms with Crippen LogP contribution in [0.25, 0.3) is 0 Å². The second-order valence-corrected chi connectivity index (χ2v) is 4.40. The molecule has 0 radical (unpaired) electrons. The molecule has 20 heavy (non-hydrogen) atoms. The van der Waals surface area contributed by atoms with E-state index in [1.807, 2.05) is 0 Å². The Morgan fingerprint density at radius 3 is 2.60 bits per heavy atom. The molecule has 1 saturated heterocycles. The Bertz CT molecular complexity index is 518. The van der Waals surface area contributed by atoms with Gasteiger partial charge >= 0.3 is 12.3 Å². The number of benzene rings is 1. The minimum Gasteiger partial charge on any atom is -0.488 e. The van der Waals surface area contributed by atoms with Gasteiger partial charge in [-0.15, -0.1) is 0 Å². The number of halogens is 4. The number of rotatable bonds is 2. The number of hydrogen-bond donors (Lipinski definition) is 1. The molecule has 1 heterocycles. The molecule has 0 bridgehead atoms. The van der Waals surface area contributed by atoms with E-state index in [-0.39, 0.29) is 18.8 Å². The number of hydrogen-bond acceptors (Lipinski definition) is 2. The fraction of sp³-hybridized carbons (Fsp3) is 0.417. The number of alkyl halides is 3. The van der Waals surface area contributed by atoms with Crippen LogP contribution in [0.1, 0.15) is 12.0 Å². The maximum Gasteiger partial charge on any atom is 0.419 e. The first-order valence-corrected chi connectivity index (χ1v) is 5.78. The third kappa shape index (κ3) is 3.12. The van der Waals surface area contributed by atoms with Gasteiger partial charge in [0, 0.05) is 19.0 Å². The van der Waals surface area contributed by atoms with Crippen LogP contribution in [0.4, 0.5) is 22.4 Å². The molecule has 0 aromatic heterocycles. The van der Waals surface area contributed by atoms with Gasteiger partial charge in [0.25, 0.3) is 0 Å². The van der Waals surface area contributed by atoms with E-state index in [0.717, 1.165) is 11.0 Å². The summed E-state index contributed by atoms with van der Waals surface area (Å²) in [5.41, 5.74) is -1.36. The fourth-order valence-electron chi connectivity index (χ4n) is 1.99. The van der Waals surface area contributed by atoms with Crippen molar-refractivity contribution in [2.45, 2.75) is 18.7 Å². The average Bonchev–Trinajstić information content (AvgIpc) is 2.76.